The van der Waals surface area contributed by atoms with E-state index in [1.54, 1.807) is 6.07 Å². The van der Waals surface area contributed by atoms with Crippen LogP contribution >= 0.6 is 24.0 Å². The molecule has 0 amide bonds. The standard InChI is InChI=1S/C14H20FN3O.HI/c15-12-8-10(6-7-13(12)19)9-17-14(16)18-11-4-2-1-3-5-11;/h6-8,11,19H,1-5,9H2,(H3,16,17,18);1H. The van der Waals surface area contributed by atoms with Gasteiger partial charge in [-0.25, -0.2) is 9.38 Å². The molecule has 1 aromatic carbocycles. The third kappa shape index (κ3) is 5.15. The monoisotopic (exact) mass is 393 g/mol. The van der Waals surface area contributed by atoms with Crippen LogP contribution in [-0.2, 0) is 6.54 Å². The number of halogens is 2. The first kappa shape index (κ1) is 17.0. The molecule has 0 spiro atoms. The lowest BCUT2D eigenvalue weighted by Crippen LogP contribution is -2.41. The van der Waals surface area contributed by atoms with E-state index in [1.807, 2.05) is 0 Å². The molecule has 0 heterocycles. The van der Waals surface area contributed by atoms with E-state index in [-0.39, 0.29) is 29.7 Å². The minimum atomic E-state index is -0.633. The maximum atomic E-state index is 13.1. The molecule has 0 aliphatic heterocycles. The molecule has 1 fully saturated rings. The van der Waals surface area contributed by atoms with Gasteiger partial charge in [0.05, 0.1) is 6.54 Å². The number of aliphatic imine (C=N–C) groups is 1. The summed E-state index contributed by atoms with van der Waals surface area (Å²) in [5.41, 5.74) is 6.50. The molecular formula is C14H21FIN3O. The third-order valence-corrected chi connectivity index (χ3v) is 3.40. The molecule has 1 aliphatic carbocycles. The summed E-state index contributed by atoms with van der Waals surface area (Å²) in [5.74, 6) is -0.576. The Morgan fingerprint density at radius 3 is 2.70 bits per heavy atom. The summed E-state index contributed by atoms with van der Waals surface area (Å²) in [4.78, 5) is 4.19. The summed E-state index contributed by atoms with van der Waals surface area (Å²) >= 11 is 0. The first-order valence-corrected chi connectivity index (χ1v) is 6.69. The minimum Gasteiger partial charge on any atom is -0.505 e. The third-order valence-electron chi connectivity index (χ3n) is 3.40. The SMILES string of the molecule is I.NC(=NCc1ccc(O)c(F)c1)NC1CCCCC1. The number of phenols is 1. The van der Waals surface area contributed by atoms with Gasteiger partial charge in [0.15, 0.2) is 17.5 Å². The number of hydrogen-bond acceptors (Lipinski definition) is 2. The first-order valence-electron chi connectivity index (χ1n) is 6.69. The van der Waals surface area contributed by atoms with Crippen molar-refractivity contribution in [3.63, 3.8) is 0 Å². The van der Waals surface area contributed by atoms with Gasteiger partial charge in [-0.15, -0.1) is 24.0 Å². The molecule has 1 aliphatic rings. The molecule has 0 bridgehead atoms. The molecule has 2 rings (SSSR count). The Kier molecular flexibility index (Phi) is 7.04. The van der Waals surface area contributed by atoms with Crippen LogP contribution in [0.25, 0.3) is 0 Å². The highest BCUT2D eigenvalue weighted by molar-refractivity contribution is 14.0. The van der Waals surface area contributed by atoms with Crippen molar-refractivity contribution < 1.29 is 9.50 Å². The molecular weight excluding hydrogens is 372 g/mol. The zero-order valence-electron chi connectivity index (χ0n) is 11.3. The second kappa shape index (κ2) is 8.28. The van der Waals surface area contributed by atoms with Crippen LogP contribution in [0.15, 0.2) is 23.2 Å². The van der Waals surface area contributed by atoms with Crippen molar-refractivity contribution in [3.05, 3.63) is 29.6 Å². The molecule has 4 N–H and O–H groups in total. The smallest absolute Gasteiger partial charge is 0.189 e. The van der Waals surface area contributed by atoms with Crippen LogP contribution in [0.5, 0.6) is 5.75 Å². The van der Waals surface area contributed by atoms with Crippen LogP contribution in [0.4, 0.5) is 4.39 Å². The minimum absolute atomic E-state index is 0. The molecule has 112 valence electrons. The number of guanidine groups is 1. The zero-order chi connectivity index (χ0) is 13.7. The number of hydrogen-bond donors (Lipinski definition) is 3. The number of phenolic OH excluding ortho intramolecular Hbond substituents is 1. The summed E-state index contributed by atoms with van der Waals surface area (Å²) in [6, 6.07) is 4.64. The van der Waals surface area contributed by atoms with Gasteiger partial charge in [-0.1, -0.05) is 25.3 Å². The average Bonchev–Trinajstić information content (AvgIpc) is 2.41. The maximum absolute atomic E-state index is 13.1. The largest absolute Gasteiger partial charge is 0.505 e. The Bertz CT molecular complexity index is 462. The van der Waals surface area contributed by atoms with Crippen LogP contribution in [-0.4, -0.2) is 17.1 Å². The zero-order valence-corrected chi connectivity index (χ0v) is 13.6. The molecule has 4 nitrogen and oxygen atoms in total. The van der Waals surface area contributed by atoms with Gasteiger partial charge >= 0.3 is 0 Å². The Morgan fingerprint density at radius 1 is 1.35 bits per heavy atom. The average molecular weight is 393 g/mol. The van der Waals surface area contributed by atoms with Crippen molar-refractivity contribution in [1.82, 2.24) is 5.32 Å². The van der Waals surface area contributed by atoms with Gasteiger partial charge in [0.2, 0.25) is 0 Å². The van der Waals surface area contributed by atoms with Crippen molar-refractivity contribution in [1.29, 1.82) is 0 Å². The number of nitrogens with zero attached hydrogens (tertiary/aromatic N) is 1. The molecule has 20 heavy (non-hydrogen) atoms. The predicted molar refractivity (Wildman–Crippen MR) is 88.8 cm³/mol. The molecule has 0 radical (unpaired) electrons. The van der Waals surface area contributed by atoms with Gasteiger partial charge in [0.25, 0.3) is 0 Å². The van der Waals surface area contributed by atoms with Crippen LogP contribution in [0.2, 0.25) is 0 Å². The fraction of sp³-hybridized carbons (Fsp3) is 0.500. The number of nitrogens with two attached hydrogens (primary N) is 1. The van der Waals surface area contributed by atoms with E-state index in [9.17, 15) is 4.39 Å². The van der Waals surface area contributed by atoms with E-state index in [2.05, 4.69) is 10.3 Å². The highest BCUT2D eigenvalue weighted by atomic mass is 127. The van der Waals surface area contributed by atoms with Crippen molar-refractivity contribution in [3.8, 4) is 5.75 Å². The first-order chi connectivity index (χ1) is 9.15. The van der Waals surface area contributed by atoms with Gasteiger partial charge in [-0.3, -0.25) is 0 Å². The van der Waals surface area contributed by atoms with E-state index in [4.69, 9.17) is 10.8 Å². The Morgan fingerprint density at radius 2 is 2.05 bits per heavy atom. The fourth-order valence-corrected chi connectivity index (χ4v) is 2.33. The summed E-state index contributed by atoms with van der Waals surface area (Å²) in [6.07, 6.45) is 6.01. The van der Waals surface area contributed by atoms with Crippen LogP contribution in [0, 0.1) is 5.82 Å². The van der Waals surface area contributed by atoms with Gasteiger partial charge in [0.1, 0.15) is 0 Å². The van der Waals surface area contributed by atoms with E-state index < -0.39 is 5.82 Å². The normalized spacial score (nSPS) is 16.6. The van der Waals surface area contributed by atoms with Crippen molar-refractivity contribution in [2.24, 2.45) is 10.7 Å². The second-order valence-corrected chi connectivity index (χ2v) is 4.97. The highest BCUT2D eigenvalue weighted by Crippen LogP contribution is 2.18. The number of aromatic hydroxyl groups is 1. The quantitative estimate of drug-likeness (QED) is 0.420. The molecule has 0 saturated heterocycles. The molecule has 6 heteroatoms. The number of benzene rings is 1. The summed E-state index contributed by atoms with van der Waals surface area (Å²) in [6.45, 7) is 0.308. The van der Waals surface area contributed by atoms with Crippen molar-refractivity contribution >= 4 is 29.9 Å². The lowest BCUT2D eigenvalue weighted by Gasteiger charge is -2.23. The second-order valence-electron chi connectivity index (χ2n) is 4.97. The Balaban J connectivity index is 0.00000200. The van der Waals surface area contributed by atoms with E-state index >= 15 is 0 Å². The molecule has 0 atom stereocenters. The topological polar surface area (TPSA) is 70.6 Å². The van der Waals surface area contributed by atoms with E-state index in [0.717, 1.165) is 12.8 Å². The van der Waals surface area contributed by atoms with Crippen molar-refractivity contribution in [2.45, 2.75) is 44.7 Å². The summed E-state index contributed by atoms with van der Waals surface area (Å²) in [7, 11) is 0. The Hall–Kier alpha value is -1.05. The molecule has 0 unspecified atom stereocenters. The van der Waals surface area contributed by atoms with Gasteiger partial charge < -0.3 is 16.2 Å². The fourth-order valence-electron chi connectivity index (χ4n) is 2.33. The van der Waals surface area contributed by atoms with Crippen LogP contribution < -0.4 is 11.1 Å². The summed E-state index contributed by atoms with van der Waals surface area (Å²) in [5, 5.41) is 12.3. The molecule has 1 saturated carbocycles. The van der Waals surface area contributed by atoms with Crippen molar-refractivity contribution in [2.75, 3.05) is 0 Å². The highest BCUT2D eigenvalue weighted by Gasteiger charge is 2.13. The van der Waals surface area contributed by atoms with Crippen LogP contribution in [0.3, 0.4) is 0 Å². The van der Waals surface area contributed by atoms with Crippen LogP contribution in [0.1, 0.15) is 37.7 Å². The number of nitrogens with one attached hydrogen (secondary N) is 1. The predicted octanol–water partition coefficient (Wildman–Crippen LogP) is 2.89. The van der Waals surface area contributed by atoms with E-state index in [1.165, 1.54) is 31.4 Å². The van der Waals surface area contributed by atoms with Gasteiger partial charge in [-0.2, -0.15) is 0 Å². The maximum Gasteiger partial charge on any atom is 0.189 e. The van der Waals surface area contributed by atoms with Gasteiger partial charge in [-0.05, 0) is 30.5 Å². The van der Waals surface area contributed by atoms with E-state index in [0.29, 0.717) is 24.1 Å². The number of rotatable bonds is 3. The van der Waals surface area contributed by atoms with Gasteiger partial charge in [0, 0.05) is 6.04 Å². The molecule has 0 aromatic heterocycles. The molecule has 1 aromatic rings. The lowest BCUT2D eigenvalue weighted by molar-refractivity contribution is 0.412. The lowest BCUT2D eigenvalue weighted by atomic mass is 9.96. The Labute approximate surface area is 135 Å². The summed E-state index contributed by atoms with van der Waals surface area (Å²) < 4.78 is 13.1.